The predicted molar refractivity (Wildman–Crippen MR) is 164 cm³/mol. The number of aromatic nitrogens is 2. The van der Waals surface area contributed by atoms with Gasteiger partial charge in [0.25, 0.3) is 5.56 Å². The molecule has 4 aliphatic rings. The Kier molecular flexibility index (Phi) is 9.12. The van der Waals surface area contributed by atoms with E-state index in [1.54, 1.807) is 7.05 Å². The molecule has 2 saturated carbocycles. The fourth-order valence-corrected chi connectivity index (χ4v) is 8.74. The van der Waals surface area contributed by atoms with E-state index in [-0.39, 0.29) is 41.8 Å². The van der Waals surface area contributed by atoms with Gasteiger partial charge in [-0.3, -0.25) is 14.5 Å². The predicted octanol–water partition coefficient (Wildman–Crippen LogP) is 4.64. The molecule has 6 rings (SSSR count). The van der Waals surface area contributed by atoms with Crippen LogP contribution < -0.4 is 10.9 Å². The smallest absolute Gasteiger partial charge is 0.344 e. The Bertz CT molecular complexity index is 1390. The number of hydrogen-bond acceptors (Lipinski definition) is 7. The van der Waals surface area contributed by atoms with Gasteiger partial charge in [-0.15, -0.1) is 0 Å². The molecule has 2 saturated heterocycles. The van der Waals surface area contributed by atoms with E-state index in [9.17, 15) is 14.4 Å². The van der Waals surface area contributed by atoms with Crippen LogP contribution in [0, 0.1) is 11.8 Å². The molecule has 2 N–H and O–H groups in total. The molecule has 4 bridgehead atoms. The number of benzene rings is 1. The largest absolute Gasteiger partial charge is 0.479 e. The number of aliphatic carboxylic acids is 1. The molecule has 1 aromatic heterocycles. The van der Waals surface area contributed by atoms with E-state index in [2.05, 4.69) is 15.4 Å². The van der Waals surface area contributed by atoms with Crippen molar-refractivity contribution in [3.05, 3.63) is 40.3 Å². The number of nitrogens with one attached hydrogen (secondary N) is 1. The van der Waals surface area contributed by atoms with Crippen molar-refractivity contribution < 1.29 is 19.5 Å². The number of carboxylic acid groups (broad SMARTS) is 1. The summed E-state index contributed by atoms with van der Waals surface area (Å²) in [6, 6.07) is 9.31. The highest BCUT2D eigenvalue weighted by Gasteiger charge is 2.45. The number of oxime groups is 1. The van der Waals surface area contributed by atoms with Gasteiger partial charge in [0.1, 0.15) is 5.71 Å². The first kappa shape index (κ1) is 29.8. The van der Waals surface area contributed by atoms with E-state index < -0.39 is 12.6 Å². The lowest BCUT2D eigenvalue weighted by Crippen LogP contribution is -2.58. The van der Waals surface area contributed by atoms with E-state index in [1.807, 2.05) is 28.8 Å². The molecule has 3 heterocycles. The maximum atomic E-state index is 14.3. The molecule has 43 heavy (non-hydrogen) atoms. The zero-order valence-electron chi connectivity index (χ0n) is 25.2. The van der Waals surface area contributed by atoms with Gasteiger partial charge < -0.3 is 19.8 Å². The summed E-state index contributed by atoms with van der Waals surface area (Å²) < 4.78 is 1.92. The highest BCUT2D eigenvalue weighted by atomic mass is 16.6. The van der Waals surface area contributed by atoms with Crippen LogP contribution >= 0.6 is 0 Å². The number of amides is 1. The van der Waals surface area contributed by atoms with Gasteiger partial charge in [-0.25, -0.2) is 9.78 Å². The minimum Gasteiger partial charge on any atom is -0.479 e. The van der Waals surface area contributed by atoms with Crippen LogP contribution in [0.4, 0.5) is 0 Å². The average molecular weight is 592 g/mol. The Labute approximate surface area is 252 Å². The summed E-state index contributed by atoms with van der Waals surface area (Å²) in [4.78, 5) is 50.2. The second-order valence-electron chi connectivity index (χ2n) is 13.2. The Balaban J connectivity index is 1.33. The lowest BCUT2D eigenvalue weighted by Gasteiger charge is -2.54. The van der Waals surface area contributed by atoms with Gasteiger partial charge in [0.2, 0.25) is 12.5 Å². The molecule has 4 atom stereocenters. The molecule has 1 amide bonds. The highest BCUT2D eigenvalue weighted by molar-refractivity contribution is 6.01. The number of carbonyl (C=O) groups is 2. The molecule has 4 fully saturated rings. The van der Waals surface area contributed by atoms with Crippen LogP contribution in [0.15, 0.2) is 34.2 Å². The van der Waals surface area contributed by atoms with E-state index in [4.69, 9.17) is 14.9 Å². The number of carbonyl (C=O) groups excluding carboxylic acids is 1. The number of hydrogen-bond donors (Lipinski definition) is 2. The highest BCUT2D eigenvalue weighted by Crippen LogP contribution is 2.47. The average Bonchev–Trinajstić information content (AvgIpc) is 3.16. The summed E-state index contributed by atoms with van der Waals surface area (Å²) in [6.07, 6.45) is 15.3. The minimum atomic E-state index is -1.17. The summed E-state index contributed by atoms with van der Waals surface area (Å²) in [5.41, 5.74) is 1.53. The number of para-hydroxylation sites is 2. The molecule has 2 aromatic rings. The minimum absolute atomic E-state index is 0.0247. The lowest BCUT2D eigenvalue weighted by molar-refractivity contribution is -0.142. The zero-order chi connectivity index (χ0) is 29.9. The molecular weight excluding hydrogens is 546 g/mol. The maximum Gasteiger partial charge on any atom is 0.344 e. The van der Waals surface area contributed by atoms with Crippen LogP contribution in [-0.4, -0.2) is 68.9 Å². The van der Waals surface area contributed by atoms with Crippen molar-refractivity contribution in [1.82, 2.24) is 19.8 Å². The Hall–Kier alpha value is -3.27. The van der Waals surface area contributed by atoms with Crippen LogP contribution in [0.1, 0.15) is 102 Å². The molecule has 10 nitrogen and oxygen atoms in total. The standard InChI is InChI=1S/C33H45N5O5/c1-34-30(39)14-13-28(36-43-20-31(40)41)32-33(42)38(29-12-5-4-11-27(29)35-32)26-18-23-9-6-10-24(19-26)37(23)25-16-21-7-2-3-8-22(15-21)17-25/h4-5,11-12,21-26H,2-3,6-10,13-20H2,1H3,(H,34,39)(H,40,41). The lowest BCUT2D eigenvalue weighted by atomic mass is 9.73. The molecule has 2 aliphatic heterocycles. The summed E-state index contributed by atoms with van der Waals surface area (Å²) in [6.45, 7) is -0.643. The molecule has 10 heteroatoms. The van der Waals surface area contributed by atoms with Crippen molar-refractivity contribution in [2.45, 2.75) is 114 Å². The van der Waals surface area contributed by atoms with Gasteiger partial charge in [-0.05, 0) is 68.9 Å². The van der Waals surface area contributed by atoms with E-state index in [0.717, 1.165) is 30.2 Å². The van der Waals surface area contributed by atoms with Crippen molar-refractivity contribution in [2.75, 3.05) is 13.7 Å². The number of carboxylic acids is 1. The summed E-state index contributed by atoms with van der Waals surface area (Å²) in [7, 11) is 1.55. The molecule has 4 unspecified atom stereocenters. The summed E-state index contributed by atoms with van der Waals surface area (Å²) in [5.74, 6) is 0.355. The molecule has 0 radical (unpaired) electrons. The number of fused-ring (bicyclic) bond motifs is 5. The van der Waals surface area contributed by atoms with Crippen LogP contribution in [0.3, 0.4) is 0 Å². The van der Waals surface area contributed by atoms with Crippen LogP contribution in [0.2, 0.25) is 0 Å². The van der Waals surface area contributed by atoms with Gasteiger partial charge in [-0.2, -0.15) is 0 Å². The van der Waals surface area contributed by atoms with Crippen molar-refractivity contribution in [3.63, 3.8) is 0 Å². The van der Waals surface area contributed by atoms with Gasteiger partial charge in [0.05, 0.1) is 11.0 Å². The van der Waals surface area contributed by atoms with Gasteiger partial charge in [0.15, 0.2) is 5.69 Å². The number of piperidine rings is 2. The maximum absolute atomic E-state index is 14.3. The van der Waals surface area contributed by atoms with Crippen molar-refractivity contribution in [3.8, 4) is 0 Å². The third kappa shape index (κ3) is 6.49. The molecule has 0 spiro atoms. The summed E-state index contributed by atoms with van der Waals surface area (Å²) in [5, 5.41) is 15.7. The number of rotatable bonds is 9. The SMILES string of the molecule is CNC(=O)CCC(=NOCC(=O)O)c1nc2ccccc2n(C2CC3CCCC(C2)N3C2CC3CCCCC(C3)C2)c1=O. The third-order valence-electron chi connectivity index (χ3n) is 10.4. The third-order valence-corrected chi connectivity index (χ3v) is 10.4. The van der Waals surface area contributed by atoms with Crippen molar-refractivity contribution in [2.24, 2.45) is 17.0 Å². The molecule has 232 valence electrons. The zero-order valence-corrected chi connectivity index (χ0v) is 25.2. The van der Waals surface area contributed by atoms with Crippen LogP contribution in [0.25, 0.3) is 11.0 Å². The van der Waals surface area contributed by atoms with Crippen molar-refractivity contribution >= 4 is 28.6 Å². The summed E-state index contributed by atoms with van der Waals surface area (Å²) >= 11 is 0. The van der Waals surface area contributed by atoms with Crippen molar-refractivity contribution in [1.29, 1.82) is 0 Å². The van der Waals surface area contributed by atoms with E-state index in [1.165, 1.54) is 64.2 Å². The molecule has 2 aliphatic carbocycles. The van der Waals surface area contributed by atoms with Crippen LogP contribution in [0.5, 0.6) is 0 Å². The Morgan fingerprint density at radius 2 is 1.63 bits per heavy atom. The van der Waals surface area contributed by atoms with Gasteiger partial charge >= 0.3 is 5.97 Å². The topological polar surface area (TPSA) is 126 Å². The molecule has 1 aromatic carbocycles. The Morgan fingerprint density at radius 1 is 0.930 bits per heavy atom. The second-order valence-corrected chi connectivity index (χ2v) is 13.2. The fourth-order valence-electron chi connectivity index (χ4n) is 8.74. The van der Waals surface area contributed by atoms with E-state index >= 15 is 0 Å². The first-order chi connectivity index (χ1) is 20.9. The second kappa shape index (κ2) is 13.2. The first-order valence-electron chi connectivity index (χ1n) is 16.3. The Morgan fingerprint density at radius 3 is 2.30 bits per heavy atom. The first-order valence-corrected chi connectivity index (χ1v) is 16.3. The monoisotopic (exact) mass is 591 g/mol. The van der Waals surface area contributed by atoms with Crippen LogP contribution in [-0.2, 0) is 14.4 Å². The molecular formula is C33H45N5O5. The van der Waals surface area contributed by atoms with Gasteiger partial charge in [-0.1, -0.05) is 49.4 Å². The quantitative estimate of drug-likeness (QED) is 0.321. The normalized spacial score (nSPS) is 29.6. The fraction of sp³-hybridized carbons (Fsp3) is 0.667. The number of nitrogens with zero attached hydrogens (tertiary/aromatic N) is 4. The van der Waals surface area contributed by atoms with Gasteiger partial charge in [0, 0.05) is 44.1 Å². The van der Waals surface area contributed by atoms with E-state index in [0.29, 0.717) is 23.6 Å².